The van der Waals surface area contributed by atoms with Crippen molar-refractivity contribution in [1.82, 2.24) is 0 Å². The van der Waals surface area contributed by atoms with Gasteiger partial charge in [-0.3, -0.25) is 14.4 Å². The average Bonchev–Trinajstić information content (AvgIpc) is 2.92. The minimum absolute atomic E-state index is 0.0355. The Morgan fingerprint density at radius 1 is 1.11 bits per heavy atom. The zero-order chi connectivity index (χ0) is 20.3. The van der Waals surface area contributed by atoms with Gasteiger partial charge in [-0.05, 0) is 61.9 Å². The van der Waals surface area contributed by atoms with Crippen molar-refractivity contribution in [3.63, 3.8) is 0 Å². The second-order valence-corrected chi connectivity index (χ2v) is 9.71. The topological polar surface area (TPSA) is 69.7 Å². The summed E-state index contributed by atoms with van der Waals surface area (Å²) in [5.74, 6) is 0.647. The quantitative estimate of drug-likeness (QED) is 0.528. The number of esters is 2. The zero-order valence-corrected chi connectivity index (χ0v) is 17.5. The van der Waals surface area contributed by atoms with E-state index < -0.39 is 5.60 Å². The molecule has 4 rings (SSSR count). The van der Waals surface area contributed by atoms with Crippen LogP contribution >= 0.6 is 0 Å². The summed E-state index contributed by atoms with van der Waals surface area (Å²) in [7, 11) is 0. The highest BCUT2D eigenvalue weighted by Crippen LogP contribution is 2.65. The van der Waals surface area contributed by atoms with Crippen LogP contribution in [0.1, 0.15) is 72.6 Å². The van der Waals surface area contributed by atoms with Crippen LogP contribution < -0.4 is 0 Å². The first-order valence-corrected chi connectivity index (χ1v) is 10.8. The lowest BCUT2D eigenvalue weighted by Gasteiger charge is -2.58. The third-order valence-corrected chi connectivity index (χ3v) is 8.23. The van der Waals surface area contributed by atoms with Gasteiger partial charge in [0, 0.05) is 31.6 Å². The van der Waals surface area contributed by atoms with Crippen LogP contribution in [0.3, 0.4) is 0 Å². The van der Waals surface area contributed by atoms with Crippen molar-refractivity contribution in [2.45, 2.75) is 84.3 Å². The van der Waals surface area contributed by atoms with Crippen LogP contribution in [0.25, 0.3) is 0 Å². The molecule has 7 atom stereocenters. The van der Waals surface area contributed by atoms with Gasteiger partial charge in [0.15, 0.2) is 11.4 Å². The maximum atomic E-state index is 13.2. The Morgan fingerprint density at radius 3 is 2.54 bits per heavy atom. The Balaban J connectivity index is 1.74. The number of Topliss-reactive ketones (excluding diaryl/α,β-unsaturated/α-hetero) is 1. The van der Waals surface area contributed by atoms with Crippen molar-refractivity contribution >= 4 is 17.7 Å². The molecular weight excluding hydrogens is 356 g/mol. The van der Waals surface area contributed by atoms with Gasteiger partial charge in [-0.15, -0.1) is 0 Å². The molecule has 3 fully saturated rings. The van der Waals surface area contributed by atoms with E-state index in [1.54, 1.807) is 0 Å². The molecule has 0 saturated heterocycles. The van der Waals surface area contributed by atoms with Gasteiger partial charge in [-0.25, -0.2) is 0 Å². The van der Waals surface area contributed by atoms with Crippen LogP contribution in [0.2, 0.25) is 0 Å². The Kier molecular flexibility index (Phi) is 4.71. The fourth-order valence-corrected chi connectivity index (χ4v) is 7.29. The molecule has 0 amide bonds. The molecule has 0 N–H and O–H groups in total. The summed E-state index contributed by atoms with van der Waals surface area (Å²) in [5.41, 5.74) is -0.0784. The summed E-state index contributed by atoms with van der Waals surface area (Å²) >= 11 is 0. The second kappa shape index (κ2) is 6.70. The van der Waals surface area contributed by atoms with E-state index in [9.17, 15) is 14.4 Å². The maximum Gasteiger partial charge on any atom is 0.303 e. The highest BCUT2D eigenvalue weighted by molar-refractivity contribution is 5.94. The molecule has 0 unspecified atom stereocenters. The molecule has 5 nitrogen and oxygen atoms in total. The van der Waals surface area contributed by atoms with E-state index in [0.717, 1.165) is 44.1 Å². The van der Waals surface area contributed by atoms with E-state index in [-0.39, 0.29) is 35.2 Å². The Labute approximate surface area is 167 Å². The van der Waals surface area contributed by atoms with E-state index in [4.69, 9.17) is 9.47 Å². The van der Waals surface area contributed by atoms with Crippen LogP contribution in [0, 0.1) is 29.1 Å². The smallest absolute Gasteiger partial charge is 0.303 e. The summed E-state index contributed by atoms with van der Waals surface area (Å²) < 4.78 is 11.7. The lowest BCUT2D eigenvalue weighted by Crippen LogP contribution is -2.62. The van der Waals surface area contributed by atoms with Crippen LogP contribution in [0.4, 0.5) is 0 Å². The van der Waals surface area contributed by atoms with E-state index in [2.05, 4.69) is 19.9 Å². The molecular formula is C23H32O5. The van der Waals surface area contributed by atoms with E-state index in [1.165, 1.54) is 13.8 Å². The first kappa shape index (κ1) is 19.7. The van der Waals surface area contributed by atoms with Gasteiger partial charge in [0.25, 0.3) is 0 Å². The van der Waals surface area contributed by atoms with Crippen molar-refractivity contribution in [3.8, 4) is 0 Å². The molecule has 0 radical (unpaired) electrons. The molecule has 5 heteroatoms. The molecule has 4 aliphatic carbocycles. The Bertz CT molecular complexity index is 739. The number of rotatable bonds is 2. The third-order valence-electron chi connectivity index (χ3n) is 8.23. The summed E-state index contributed by atoms with van der Waals surface area (Å²) in [5, 5.41) is 0. The molecule has 0 aromatic heterocycles. The van der Waals surface area contributed by atoms with Gasteiger partial charge >= 0.3 is 11.9 Å². The van der Waals surface area contributed by atoms with Crippen molar-refractivity contribution in [2.75, 3.05) is 0 Å². The maximum absolute atomic E-state index is 13.2. The minimum atomic E-state index is -1.05. The number of fused-ring (bicyclic) bond motifs is 5. The molecule has 0 aromatic carbocycles. The first-order valence-electron chi connectivity index (χ1n) is 10.8. The van der Waals surface area contributed by atoms with Gasteiger partial charge in [-0.1, -0.05) is 19.9 Å². The van der Waals surface area contributed by atoms with Crippen LogP contribution in [0.5, 0.6) is 0 Å². The summed E-state index contributed by atoms with van der Waals surface area (Å²) in [4.78, 5) is 36.9. The number of allylic oxidation sites excluding steroid dienone is 1. The predicted octanol–water partition coefficient (Wildman–Crippen LogP) is 3.99. The lowest BCUT2D eigenvalue weighted by atomic mass is 9.48. The fraction of sp³-hybridized carbons (Fsp3) is 0.783. The summed E-state index contributed by atoms with van der Waals surface area (Å²) in [6.07, 6.45) is 7.72. The Hall–Kier alpha value is -1.65. The standard InChI is InChI=1S/C23H32O5/c1-13-12-16-6-5-7-19(26)23(16,28-15(3)25)18-10-11-22(4)17(21(13)18)8-9-20(22)27-14(2)24/h6,13,17-18,20-21H,5,7-12H2,1-4H3/t13-,17+,18+,20+,21+,22+,23-/m1/s1. The zero-order valence-electron chi connectivity index (χ0n) is 17.5. The summed E-state index contributed by atoms with van der Waals surface area (Å²) in [6, 6.07) is 0. The van der Waals surface area contributed by atoms with Crippen molar-refractivity contribution in [3.05, 3.63) is 11.6 Å². The second-order valence-electron chi connectivity index (χ2n) is 9.71. The highest BCUT2D eigenvalue weighted by atomic mass is 16.6. The Morgan fingerprint density at radius 2 is 1.86 bits per heavy atom. The predicted molar refractivity (Wildman–Crippen MR) is 103 cm³/mol. The fourth-order valence-electron chi connectivity index (χ4n) is 7.29. The van der Waals surface area contributed by atoms with Crippen molar-refractivity contribution in [2.24, 2.45) is 29.1 Å². The van der Waals surface area contributed by atoms with Crippen LogP contribution in [-0.2, 0) is 23.9 Å². The largest absolute Gasteiger partial charge is 0.462 e. The number of hydrogen-bond acceptors (Lipinski definition) is 5. The monoisotopic (exact) mass is 388 g/mol. The van der Waals surface area contributed by atoms with E-state index in [1.807, 2.05) is 0 Å². The lowest BCUT2D eigenvalue weighted by molar-refractivity contribution is -0.187. The third kappa shape index (κ3) is 2.68. The van der Waals surface area contributed by atoms with Crippen molar-refractivity contribution < 1.29 is 23.9 Å². The number of carbonyl (C=O) groups is 3. The number of ketones is 1. The molecule has 3 saturated carbocycles. The number of hydrogen-bond donors (Lipinski definition) is 0. The van der Waals surface area contributed by atoms with Gasteiger partial charge in [0.1, 0.15) is 6.10 Å². The van der Waals surface area contributed by atoms with Crippen molar-refractivity contribution in [1.29, 1.82) is 0 Å². The van der Waals surface area contributed by atoms with E-state index >= 15 is 0 Å². The molecule has 28 heavy (non-hydrogen) atoms. The number of carbonyl (C=O) groups excluding carboxylic acids is 3. The molecule has 0 bridgehead atoms. The average molecular weight is 389 g/mol. The van der Waals surface area contributed by atoms with Gasteiger partial charge < -0.3 is 9.47 Å². The molecule has 0 spiro atoms. The van der Waals surface area contributed by atoms with E-state index in [0.29, 0.717) is 24.2 Å². The normalized spacial score (nSPS) is 44.6. The van der Waals surface area contributed by atoms with Gasteiger partial charge in [0.05, 0.1) is 0 Å². The van der Waals surface area contributed by atoms with Crippen LogP contribution in [-0.4, -0.2) is 29.4 Å². The SMILES string of the molecule is CC(=O)O[C@H]1CC[C@H]2[C@@H]3[C@H](C)CC4=CCCC(=O)[C@]4(OC(C)=O)[C@H]3CC[C@]12C. The molecule has 0 aromatic rings. The highest BCUT2D eigenvalue weighted by Gasteiger charge is 2.65. The van der Waals surface area contributed by atoms with Crippen LogP contribution in [0.15, 0.2) is 11.6 Å². The molecule has 154 valence electrons. The molecule has 0 aliphatic heterocycles. The minimum Gasteiger partial charge on any atom is -0.462 e. The number of ether oxygens (including phenoxy) is 2. The molecule has 4 aliphatic rings. The van der Waals surface area contributed by atoms with Gasteiger partial charge in [-0.2, -0.15) is 0 Å². The summed E-state index contributed by atoms with van der Waals surface area (Å²) in [6.45, 7) is 7.44. The van der Waals surface area contributed by atoms with Gasteiger partial charge in [0.2, 0.25) is 0 Å². The molecule has 0 heterocycles. The first-order chi connectivity index (χ1) is 13.2.